The summed E-state index contributed by atoms with van der Waals surface area (Å²) in [6, 6.07) is 13.4. The van der Waals surface area contributed by atoms with E-state index in [-0.39, 0.29) is 5.75 Å². The topological polar surface area (TPSA) is 43.7 Å². The fourth-order valence-electron chi connectivity index (χ4n) is 2.10. The van der Waals surface area contributed by atoms with Crippen molar-refractivity contribution in [2.45, 2.75) is 19.6 Å². The minimum absolute atomic E-state index is 0.122. The van der Waals surface area contributed by atoms with Crippen LogP contribution in [0, 0.1) is 0 Å². The molecule has 0 saturated heterocycles. The average molecular weight is 336 g/mol. The van der Waals surface area contributed by atoms with Crippen molar-refractivity contribution in [3.8, 4) is 5.75 Å². The summed E-state index contributed by atoms with van der Waals surface area (Å²) < 4.78 is 1.07. The van der Waals surface area contributed by atoms with Gasteiger partial charge in [0.05, 0.1) is 6.10 Å². The zero-order chi connectivity index (χ0) is 14.7. The molecule has 0 radical (unpaired) electrons. The van der Waals surface area contributed by atoms with Gasteiger partial charge in [0.15, 0.2) is 0 Å². The number of benzene rings is 2. The highest BCUT2D eigenvalue weighted by Gasteiger charge is 2.10. The van der Waals surface area contributed by atoms with Gasteiger partial charge in [-0.3, -0.25) is 0 Å². The SMILES string of the molecule is CC(O)c1ccc(N(C)Cc2ccccc2Br)cc1O. The second-order valence-electron chi connectivity index (χ2n) is 4.87. The van der Waals surface area contributed by atoms with Gasteiger partial charge in [-0.25, -0.2) is 0 Å². The van der Waals surface area contributed by atoms with Gasteiger partial charge in [0.1, 0.15) is 5.75 Å². The number of aliphatic hydroxyl groups is 1. The molecule has 0 bridgehead atoms. The van der Waals surface area contributed by atoms with Crippen molar-refractivity contribution in [1.82, 2.24) is 0 Å². The fraction of sp³-hybridized carbons (Fsp3) is 0.250. The summed E-state index contributed by atoms with van der Waals surface area (Å²) in [4.78, 5) is 2.05. The fourth-order valence-corrected chi connectivity index (χ4v) is 2.51. The monoisotopic (exact) mass is 335 g/mol. The predicted octanol–water partition coefficient (Wildman–Crippen LogP) is 3.84. The van der Waals surface area contributed by atoms with E-state index in [2.05, 4.69) is 22.0 Å². The van der Waals surface area contributed by atoms with Crippen LogP contribution in [0.5, 0.6) is 5.75 Å². The predicted molar refractivity (Wildman–Crippen MR) is 85.0 cm³/mol. The number of aromatic hydroxyl groups is 1. The lowest BCUT2D eigenvalue weighted by Gasteiger charge is -2.21. The van der Waals surface area contributed by atoms with Gasteiger partial charge in [0.2, 0.25) is 0 Å². The van der Waals surface area contributed by atoms with Crippen LogP contribution in [-0.4, -0.2) is 17.3 Å². The molecule has 0 aliphatic rings. The molecule has 2 aromatic rings. The lowest BCUT2D eigenvalue weighted by molar-refractivity contribution is 0.195. The molecular formula is C16H18BrNO2. The van der Waals surface area contributed by atoms with Crippen LogP contribution in [-0.2, 0) is 6.54 Å². The summed E-state index contributed by atoms with van der Waals surface area (Å²) in [5.41, 5.74) is 2.62. The third-order valence-corrected chi connectivity index (χ3v) is 4.04. The number of anilines is 1. The molecule has 0 amide bonds. The van der Waals surface area contributed by atoms with Crippen LogP contribution in [0.15, 0.2) is 46.9 Å². The lowest BCUT2D eigenvalue weighted by Crippen LogP contribution is -2.16. The molecule has 0 fully saturated rings. The van der Waals surface area contributed by atoms with Crippen LogP contribution in [0.3, 0.4) is 0 Å². The van der Waals surface area contributed by atoms with Crippen LogP contribution in [0.2, 0.25) is 0 Å². The van der Waals surface area contributed by atoms with Crippen LogP contribution in [0.25, 0.3) is 0 Å². The molecule has 3 nitrogen and oxygen atoms in total. The Morgan fingerprint density at radius 3 is 2.50 bits per heavy atom. The number of halogens is 1. The molecule has 0 heterocycles. The second-order valence-corrected chi connectivity index (χ2v) is 5.72. The van der Waals surface area contributed by atoms with E-state index in [1.807, 2.05) is 36.2 Å². The van der Waals surface area contributed by atoms with Gasteiger partial charge in [0, 0.05) is 35.4 Å². The largest absolute Gasteiger partial charge is 0.507 e. The lowest BCUT2D eigenvalue weighted by atomic mass is 10.1. The molecule has 2 aromatic carbocycles. The van der Waals surface area contributed by atoms with Gasteiger partial charge < -0.3 is 15.1 Å². The van der Waals surface area contributed by atoms with Crippen molar-refractivity contribution >= 4 is 21.6 Å². The van der Waals surface area contributed by atoms with Crippen molar-refractivity contribution in [3.05, 3.63) is 58.1 Å². The molecule has 0 saturated carbocycles. The van der Waals surface area contributed by atoms with Crippen molar-refractivity contribution in [2.24, 2.45) is 0 Å². The van der Waals surface area contributed by atoms with Gasteiger partial charge in [0.25, 0.3) is 0 Å². The summed E-state index contributed by atoms with van der Waals surface area (Å²) in [6.45, 7) is 2.37. The number of hydrogen-bond acceptors (Lipinski definition) is 3. The Bertz CT molecular complexity index is 599. The van der Waals surface area contributed by atoms with Gasteiger partial charge in [-0.2, -0.15) is 0 Å². The molecule has 2 rings (SSSR count). The second kappa shape index (κ2) is 6.29. The van der Waals surface area contributed by atoms with Gasteiger partial charge >= 0.3 is 0 Å². The van der Waals surface area contributed by atoms with E-state index in [1.165, 1.54) is 5.56 Å². The maximum atomic E-state index is 9.94. The van der Waals surface area contributed by atoms with Crippen molar-refractivity contribution in [3.63, 3.8) is 0 Å². The molecule has 0 spiro atoms. The summed E-state index contributed by atoms with van der Waals surface area (Å²) in [5, 5.41) is 19.5. The first-order chi connectivity index (χ1) is 9.49. The molecule has 1 atom stereocenters. The number of rotatable bonds is 4. The molecule has 0 aromatic heterocycles. The maximum absolute atomic E-state index is 9.94. The van der Waals surface area contributed by atoms with Crippen LogP contribution >= 0.6 is 15.9 Å². The maximum Gasteiger partial charge on any atom is 0.123 e. The molecule has 0 aliphatic carbocycles. The Hall–Kier alpha value is -1.52. The van der Waals surface area contributed by atoms with E-state index in [1.54, 1.807) is 19.1 Å². The zero-order valence-corrected chi connectivity index (χ0v) is 13.1. The number of nitrogens with zero attached hydrogens (tertiary/aromatic N) is 1. The third-order valence-electron chi connectivity index (χ3n) is 3.27. The molecule has 0 aliphatic heterocycles. The summed E-state index contributed by atoms with van der Waals surface area (Å²) in [7, 11) is 1.97. The number of phenolic OH excluding ortho intramolecular Hbond substituents is 1. The van der Waals surface area contributed by atoms with Crippen LogP contribution in [0.1, 0.15) is 24.2 Å². The number of phenols is 1. The highest BCUT2D eigenvalue weighted by atomic mass is 79.9. The van der Waals surface area contributed by atoms with Crippen LogP contribution < -0.4 is 4.90 Å². The van der Waals surface area contributed by atoms with E-state index in [0.29, 0.717) is 5.56 Å². The average Bonchev–Trinajstić information content (AvgIpc) is 2.40. The van der Waals surface area contributed by atoms with E-state index >= 15 is 0 Å². The Morgan fingerprint density at radius 2 is 1.90 bits per heavy atom. The minimum Gasteiger partial charge on any atom is -0.507 e. The van der Waals surface area contributed by atoms with E-state index in [9.17, 15) is 10.2 Å². The molecule has 106 valence electrons. The van der Waals surface area contributed by atoms with Crippen molar-refractivity contribution in [2.75, 3.05) is 11.9 Å². The first-order valence-electron chi connectivity index (χ1n) is 6.44. The molecular weight excluding hydrogens is 318 g/mol. The molecule has 1 unspecified atom stereocenters. The Balaban J connectivity index is 2.20. The summed E-state index contributed by atoms with van der Waals surface area (Å²) in [6.07, 6.45) is -0.669. The summed E-state index contributed by atoms with van der Waals surface area (Å²) in [5.74, 6) is 0.122. The first kappa shape index (κ1) is 14.9. The summed E-state index contributed by atoms with van der Waals surface area (Å²) >= 11 is 3.53. The highest BCUT2D eigenvalue weighted by Crippen LogP contribution is 2.29. The number of hydrogen-bond donors (Lipinski definition) is 2. The quantitative estimate of drug-likeness (QED) is 0.891. The smallest absolute Gasteiger partial charge is 0.123 e. The first-order valence-corrected chi connectivity index (χ1v) is 7.24. The Kier molecular flexibility index (Phi) is 4.68. The van der Waals surface area contributed by atoms with Crippen LogP contribution in [0.4, 0.5) is 5.69 Å². The molecule has 2 N–H and O–H groups in total. The van der Waals surface area contributed by atoms with Gasteiger partial charge in [-0.15, -0.1) is 0 Å². The minimum atomic E-state index is -0.669. The standard InChI is InChI=1S/C16H18BrNO2/c1-11(19)14-8-7-13(9-16(14)20)18(2)10-12-5-3-4-6-15(12)17/h3-9,11,19-20H,10H2,1-2H3. The third kappa shape index (κ3) is 3.32. The van der Waals surface area contributed by atoms with Gasteiger partial charge in [-0.05, 0) is 24.6 Å². The zero-order valence-electron chi connectivity index (χ0n) is 11.5. The van der Waals surface area contributed by atoms with Gasteiger partial charge in [-0.1, -0.05) is 40.2 Å². The normalized spacial score (nSPS) is 12.2. The molecule has 20 heavy (non-hydrogen) atoms. The van der Waals surface area contributed by atoms with E-state index in [0.717, 1.165) is 16.7 Å². The molecule has 4 heteroatoms. The Labute approximate surface area is 127 Å². The van der Waals surface area contributed by atoms with E-state index < -0.39 is 6.10 Å². The Morgan fingerprint density at radius 1 is 1.20 bits per heavy atom. The number of aliphatic hydroxyl groups excluding tert-OH is 1. The van der Waals surface area contributed by atoms with E-state index in [4.69, 9.17) is 0 Å². The van der Waals surface area contributed by atoms with Crippen molar-refractivity contribution in [1.29, 1.82) is 0 Å². The highest BCUT2D eigenvalue weighted by molar-refractivity contribution is 9.10. The van der Waals surface area contributed by atoms with Crippen molar-refractivity contribution < 1.29 is 10.2 Å².